The van der Waals surface area contributed by atoms with Crippen molar-refractivity contribution in [2.75, 3.05) is 0 Å². The minimum absolute atomic E-state index is 0.403. The highest BCUT2D eigenvalue weighted by Crippen LogP contribution is 2.37. The standard InChI is InChI=1S/C9H16O/c1-2-3-4-9(7-10)8-5-6-8/h7-9H,2-6H2,1H3. The second-order valence-corrected chi connectivity index (χ2v) is 3.28. The number of carbonyl (C=O) groups is 1. The van der Waals surface area contributed by atoms with Crippen molar-refractivity contribution < 1.29 is 4.79 Å². The number of aldehydes is 1. The van der Waals surface area contributed by atoms with Crippen LogP contribution < -0.4 is 0 Å². The van der Waals surface area contributed by atoms with Crippen molar-refractivity contribution in [2.24, 2.45) is 11.8 Å². The Morgan fingerprint density at radius 3 is 2.70 bits per heavy atom. The molecule has 0 saturated heterocycles. The maximum absolute atomic E-state index is 10.5. The third-order valence-electron chi connectivity index (χ3n) is 2.29. The molecule has 58 valence electrons. The lowest BCUT2D eigenvalue weighted by Crippen LogP contribution is -2.03. The van der Waals surface area contributed by atoms with E-state index in [1.165, 1.54) is 25.7 Å². The van der Waals surface area contributed by atoms with Crippen LogP contribution in [0.1, 0.15) is 39.0 Å². The summed E-state index contributed by atoms with van der Waals surface area (Å²) in [6.45, 7) is 2.18. The molecule has 1 rings (SSSR count). The molecule has 0 N–H and O–H groups in total. The first-order valence-electron chi connectivity index (χ1n) is 4.33. The smallest absolute Gasteiger partial charge is 0.123 e. The predicted octanol–water partition coefficient (Wildman–Crippen LogP) is 2.40. The molecule has 0 aromatic heterocycles. The van der Waals surface area contributed by atoms with Crippen LogP contribution in [-0.2, 0) is 4.79 Å². The van der Waals surface area contributed by atoms with E-state index < -0.39 is 0 Å². The average Bonchev–Trinajstić information content (AvgIpc) is 2.73. The highest BCUT2D eigenvalue weighted by molar-refractivity contribution is 5.54. The molecule has 0 aromatic rings. The van der Waals surface area contributed by atoms with Crippen LogP contribution in [0, 0.1) is 11.8 Å². The summed E-state index contributed by atoms with van der Waals surface area (Å²) in [6, 6.07) is 0. The normalized spacial score (nSPS) is 20.5. The van der Waals surface area contributed by atoms with E-state index in [2.05, 4.69) is 6.92 Å². The fraction of sp³-hybridized carbons (Fsp3) is 0.889. The van der Waals surface area contributed by atoms with Gasteiger partial charge in [0.25, 0.3) is 0 Å². The van der Waals surface area contributed by atoms with Gasteiger partial charge < -0.3 is 4.79 Å². The van der Waals surface area contributed by atoms with Gasteiger partial charge in [0.1, 0.15) is 6.29 Å². The molecule has 0 spiro atoms. The predicted molar refractivity (Wildman–Crippen MR) is 41.8 cm³/mol. The van der Waals surface area contributed by atoms with E-state index in [9.17, 15) is 4.79 Å². The van der Waals surface area contributed by atoms with Gasteiger partial charge in [0.15, 0.2) is 0 Å². The Morgan fingerprint density at radius 2 is 2.30 bits per heavy atom. The molecule has 1 saturated carbocycles. The third-order valence-corrected chi connectivity index (χ3v) is 2.29. The third kappa shape index (κ3) is 2.13. The molecule has 0 heterocycles. The lowest BCUT2D eigenvalue weighted by Gasteiger charge is -2.05. The van der Waals surface area contributed by atoms with Gasteiger partial charge in [-0.3, -0.25) is 0 Å². The molecule has 1 aliphatic carbocycles. The van der Waals surface area contributed by atoms with Gasteiger partial charge in [-0.15, -0.1) is 0 Å². The summed E-state index contributed by atoms with van der Waals surface area (Å²) in [4.78, 5) is 10.5. The molecule has 1 unspecified atom stereocenters. The molecule has 0 amide bonds. The summed E-state index contributed by atoms with van der Waals surface area (Å²) in [6.07, 6.45) is 7.33. The molecule has 0 radical (unpaired) electrons. The number of carbonyl (C=O) groups excluding carboxylic acids is 1. The van der Waals surface area contributed by atoms with Crippen molar-refractivity contribution in [3.8, 4) is 0 Å². The first-order chi connectivity index (χ1) is 4.88. The fourth-order valence-electron chi connectivity index (χ4n) is 1.38. The Bertz CT molecular complexity index is 105. The molecule has 1 nitrogen and oxygen atoms in total. The summed E-state index contributed by atoms with van der Waals surface area (Å²) in [5.74, 6) is 1.17. The summed E-state index contributed by atoms with van der Waals surface area (Å²) in [7, 11) is 0. The van der Waals surface area contributed by atoms with Crippen molar-refractivity contribution in [2.45, 2.75) is 39.0 Å². The largest absolute Gasteiger partial charge is 0.303 e. The topological polar surface area (TPSA) is 17.1 Å². The van der Waals surface area contributed by atoms with E-state index in [0.717, 1.165) is 18.6 Å². The second-order valence-electron chi connectivity index (χ2n) is 3.28. The summed E-state index contributed by atoms with van der Waals surface area (Å²) >= 11 is 0. The quantitative estimate of drug-likeness (QED) is 0.536. The van der Waals surface area contributed by atoms with Gasteiger partial charge in [0.05, 0.1) is 0 Å². The van der Waals surface area contributed by atoms with E-state index >= 15 is 0 Å². The second kappa shape index (κ2) is 3.75. The van der Waals surface area contributed by atoms with Gasteiger partial charge in [0, 0.05) is 5.92 Å². The number of hydrogen-bond acceptors (Lipinski definition) is 1. The molecule has 0 bridgehead atoms. The molecule has 10 heavy (non-hydrogen) atoms. The first-order valence-corrected chi connectivity index (χ1v) is 4.33. The van der Waals surface area contributed by atoms with E-state index in [-0.39, 0.29) is 0 Å². The van der Waals surface area contributed by atoms with Crippen molar-refractivity contribution in [3.05, 3.63) is 0 Å². The Hall–Kier alpha value is -0.330. The Kier molecular flexibility index (Phi) is 2.91. The summed E-state index contributed by atoms with van der Waals surface area (Å²) < 4.78 is 0. The first kappa shape index (κ1) is 7.77. The lowest BCUT2D eigenvalue weighted by molar-refractivity contribution is -0.111. The van der Waals surface area contributed by atoms with Crippen LogP contribution in [0.2, 0.25) is 0 Å². The number of unbranched alkanes of at least 4 members (excludes halogenated alkanes) is 1. The zero-order chi connectivity index (χ0) is 7.40. The molecular weight excluding hydrogens is 124 g/mol. The molecule has 0 aromatic carbocycles. The van der Waals surface area contributed by atoms with Gasteiger partial charge in [0.2, 0.25) is 0 Å². The average molecular weight is 140 g/mol. The van der Waals surface area contributed by atoms with Gasteiger partial charge in [-0.05, 0) is 25.2 Å². The summed E-state index contributed by atoms with van der Waals surface area (Å²) in [5, 5.41) is 0. The van der Waals surface area contributed by atoms with Crippen molar-refractivity contribution >= 4 is 6.29 Å². The molecule has 0 aliphatic heterocycles. The van der Waals surface area contributed by atoms with E-state index in [4.69, 9.17) is 0 Å². The SMILES string of the molecule is CCCCC(C=O)C1CC1. The highest BCUT2D eigenvalue weighted by atomic mass is 16.1. The van der Waals surface area contributed by atoms with E-state index in [1.54, 1.807) is 0 Å². The van der Waals surface area contributed by atoms with Crippen LogP contribution in [0.3, 0.4) is 0 Å². The zero-order valence-electron chi connectivity index (χ0n) is 6.68. The summed E-state index contributed by atoms with van der Waals surface area (Å²) in [5.41, 5.74) is 0. The molecule has 1 fully saturated rings. The fourth-order valence-corrected chi connectivity index (χ4v) is 1.38. The van der Waals surface area contributed by atoms with Crippen LogP contribution in [0.5, 0.6) is 0 Å². The van der Waals surface area contributed by atoms with Crippen LogP contribution in [-0.4, -0.2) is 6.29 Å². The Balaban J connectivity index is 2.12. The maximum atomic E-state index is 10.5. The van der Waals surface area contributed by atoms with Crippen LogP contribution in [0.25, 0.3) is 0 Å². The molecule has 1 heteroatoms. The molecular formula is C9H16O. The number of rotatable bonds is 5. The minimum atomic E-state index is 0.403. The van der Waals surface area contributed by atoms with Crippen molar-refractivity contribution in [1.29, 1.82) is 0 Å². The van der Waals surface area contributed by atoms with E-state index in [1.807, 2.05) is 0 Å². The van der Waals surface area contributed by atoms with Crippen LogP contribution in [0.15, 0.2) is 0 Å². The van der Waals surface area contributed by atoms with Crippen LogP contribution >= 0.6 is 0 Å². The highest BCUT2D eigenvalue weighted by Gasteiger charge is 2.29. The van der Waals surface area contributed by atoms with Crippen LogP contribution in [0.4, 0.5) is 0 Å². The van der Waals surface area contributed by atoms with Gasteiger partial charge in [-0.1, -0.05) is 19.8 Å². The van der Waals surface area contributed by atoms with Gasteiger partial charge >= 0.3 is 0 Å². The Morgan fingerprint density at radius 1 is 1.60 bits per heavy atom. The van der Waals surface area contributed by atoms with Gasteiger partial charge in [-0.2, -0.15) is 0 Å². The molecule has 1 aliphatic rings. The van der Waals surface area contributed by atoms with Gasteiger partial charge in [-0.25, -0.2) is 0 Å². The maximum Gasteiger partial charge on any atom is 0.123 e. The number of hydrogen-bond donors (Lipinski definition) is 0. The van der Waals surface area contributed by atoms with Crippen molar-refractivity contribution in [1.82, 2.24) is 0 Å². The monoisotopic (exact) mass is 140 g/mol. The lowest BCUT2D eigenvalue weighted by atomic mass is 9.99. The zero-order valence-corrected chi connectivity index (χ0v) is 6.68. The molecule has 1 atom stereocenters. The van der Waals surface area contributed by atoms with E-state index in [0.29, 0.717) is 5.92 Å². The Labute approximate surface area is 62.8 Å². The van der Waals surface area contributed by atoms with Crippen molar-refractivity contribution in [3.63, 3.8) is 0 Å². The minimum Gasteiger partial charge on any atom is -0.303 e.